The van der Waals surface area contributed by atoms with Crippen molar-refractivity contribution in [1.82, 2.24) is 15.3 Å². The summed E-state index contributed by atoms with van der Waals surface area (Å²) >= 11 is 1.49. The number of aliphatic hydroxyl groups excluding tert-OH is 2. The van der Waals surface area contributed by atoms with Crippen LogP contribution in [-0.4, -0.2) is 69.9 Å². The smallest absolute Gasteiger partial charge is 0.235 e. The number of hydrogen-bond acceptors (Lipinski definition) is 9. The molecule has 0 aliphatic carbocycles. The second-order valence-corrected chi connectivity index (χ2v) is 10.8. The minimum atomic E-state index is -0.839. The van der Waals surface area contributed by atoms with E-state index in [1.165, 1.54) is 17.3 Å². The van der Waals surface area contributed by atoms with Gasteiger partial charge in [0.05, 0.1) is 60.1 Å². The number of aromatic nitrogens is 2. The number of benzene rings is 1. The summed E-state index contributed by atoms with van der Waals surface area (Å²) in [6.07, 6.45) is 4.51. The second kappa shape index (κ2) is 12.4. The molecular formula is C28H34N4O5S. The first-order valence-electron chi connectivity index (χ1n) is 13.0. The van der Waals surface area contributed by atoms with Gasteiger partial charge in [-0.05, 0) is 55.5 Å². The Kier molecular flexibility index (Phi) is 8.75. The van der Waals surface area contributed by atoms with Crippen molar-refractivity contribution >= 4 is 34.4 Å². The molecule has 1 aromatic carbocycles. The second-order valence-electron chi connectivity index (χ2n) is 9.82. The first kappa shape index (κ1) is 26.8. The molecule has 0 spiro atoms. The molecule has 0 bridgehead atoms. The lowest BCUT2D eigenvalue weighted by Crippen LogP contribution is -2.48. The first-order valence-corrected chi connectivity index (χ1v) is 14.0. The predicted octanol–water partition coefficient (Wildman–Crippen LogP) is 3.06. The number of pyridine rings is 2. The Morgan fingerprint density at radius 3 is 3.03 bits per heavy atom. The molecular weight excluding hydrogens is 504 g/mol. The van der Waals surface area contributed by atoms with Crippen LogP contribution in [0.15, 0.2) is 47.5 Å². The van der Waals surface area contributed by atoms with E-state index in [2.05, 4.69) is 26.7 Å². The van der Waals surface area contributed by atoms with Crippen LogP contribution in [0.4, 0.5) is 5.82 Å². The Bertz CT molecular complexity index is 1280. The minimum absolute atomic E-state index is 0.0141. The molecule has 0 unspecified atom stereocenters. The normalized spacial score (nSPS) is 22.1. The lowest BCUT2D eigenvalue weighted by Gasteiger charge is -2.38. The third-order valence-corrected chi connectivity index (χ3v) is 8.22. The molecule has 4 heterocycles. The maximum atomic E-state index is 11.7. The molecule has 0 radical (unpaired) electrons. The third-order valence-electron chi connectivity index (χ3n) is 7.17. The van der Waals surface area contributed by atoms with E-state index in [-0.39, 0.29) is 30.8 Å². The molecule has 1 fully saturated rings. The average molecular weight is 539 g/mol. The number of hydrogen-bond donors (Lipinski definition) is 4. The summed E-state index contributed by atoms with van der Waals surface area (Å²) in [5.41, 5.74) is 2.97. The van der Waals surface area contributed by atoms with Crippen LogP contribution >= 0.6 is 11.8 Å². The summed E-state index contributed by atoms with van der Waals surface area (Å²) in [6.45, 7) is 0.217. The van der Waals surface area contributed by atoms with Crippen molar-refractivity contribution in [2.24, 2.45) is 0 Å². The molecule has 10 heteroatoms. The Labute approximate surface area is 226 Å². The van der Waals surface area contributed by atoms with Gasteiger partial charge in [-0.3, -0.25) is 9.78 Å². The van der Waals surface area contributed by atoms with Gasteiger partial charge in [0.2, 0.25) is 5.91 Å². The molecule has 38 heavy (non-hydrogen) atoms. The number of carbonyl (C=O) groups is 1. The Morgan fingerprint density at radius 2 is 2.18 bits per heavy atom. The number of anilines is 1. The standard InChI is InChI=1S/C28H34N4O5S/c1-36-21-12-22-17(3-2-4-23(22)30-14-21)5-7-20-8-9-24(25(37-20)11-19(34)15-33)29-13-18-6-10-26-28(31-18)32-27(35)16-38-26/h2-4,6,10,12,14,19-20,24-25,29,33-34H,5,7-9,11,13,15-16H2,1H3,(H,31,32,35)/t19-,20+,24+,25+/m0/s1. The van der Waals surface area contributed by atoms with Crippen LogP contribution in [0.5, 0.6) is 5.75 Å². The van der Waals surface area contributed by atoms with Gasteiger partial charge >= 0.3 is 0 Å². The lowest BCUT2D eigenvalue weighted by atomic mass is 9.91. The number of aryl methyl sites for hydroxylation is 1. The summed E-state index contributed by atoms with van der Waals surface area (Å²) in [5, 5.41) is 27.1. The van der Waals surface area contributed by atoms with E-state index in [1.807, 2.05) is 30.3 Å². The predicted molar refractivity (Wildman–Crippen MR) is 146 cm³/mol. The van der Waals surface area contributed by atoms with E-state index in [0.717, 1.165) is 52.9 Å². The zero-order valence-corrected chi connectivity index (χ0v) is 22.2. The zero-order chi connectivity index (χ0) is 26.5. The van der Waals surface area contributed by atoms with Gasteiger partial charge < -0.3 is 30.3 Å². The van der Waals surface area contributed by atoms with Crippen molar-refractivity contribution < 1.29 is 24.5 Å². The van der Waals surface area contributed by atoms with Crippen molar-refractivity contribution in [3.63, 3.8) is 0 Å². The van der Waals surface area contributed by atoms with E-state index in [0.29, 0.717) is 24.5 Å². The number of amides is 1. The number of rotatable bonds is 10. The SMILES string of the molecule is COc1cnc2cccc(CC[C@@H]3CC[C@@H](NCc4ccc5c(n4)NC(=O)CS5)[C@@H](C[C@H](O)CO)O3)c2c1. The molecule has 2 aliphatic heterocycles. The van der Waals surface area contributed by atoms with Crippen LogP contribution in [0.2, 0.25) is 0 Å². The number of thioether (sulfide) groups is 1. The fraction of sp³-hybridized carbons (Fsp3) is 0.464. The maximum Gasteiger partial charge on any atom is 0.235 e. The third kappa shape index (κ3) is 6.44. The number of fused-ring (bicyclic) bond motifs is 2. The largest absolute Gasteiger partial charge is 0.495 e. The van der Waals surface area contributed by atoms with Gasteiger partial charge in [-0.15, -0.1) is 11.8 Å². The molecule has 9 nitrogen and oxygen atoms in total. The van der Waals surface area contributed by atoms with Gasteiger partial charge in [-0.1, -0.05) is 12.1 Å². The van der Waals surface area contributed by atoms with Crippen LogP contribution in [0.1, 0.15) is 36.9 Å². The van der Waals surface area contributed by atoms with E-state index in [9.17, 15) is 15.0 Å². The molecule has 2 aromatic heterocycles. The Morgan fingerprint density at radius 1 is 1.29 bits per heavy atom. The van der Waals surface area contributed by atoms with Crippen molar-refractivity contribution in [2.75, 3.05) is 24.8 Å². The highest BCUT2D eigenvalue weighted by Gasteiger charge is 2.32. The summed E-state index contributed by atoms with van der Waals surface area (Å²) in [7, 11) is 1.64. The molecule has 0 saturated carbocycles. The van der Waals surface area contributed by atoms with E-state index < -0.39 is 6.10 Å². The number of nitrogens with one attached hydrogen (secondary N) is 2. The molecule has 4 N–H and O–H groups in total. The van der Waals surface area contributed by atoms with Gasteiger partial charge in [-0.25, -0.2) is 4.98 Å². The van der Waals surface area contributed by atoms with Crippen LogP contribution in [0.3, 0.4) is 0 Å². The van der Waals surface area contributed by atoms with E-state index >= 15 is 0 Å². The number of carbonyl (C=O) groups excluding carboxylic acids is 1. The van der Waals surface area contributed by atoms with Gasteiger partial charge in [0.15, 0.2) is 0 Å². The van der Waals surface area contributed by atoms with Crippen molar-refractivity contribution in [3.8, 4) is 5.75 Å². The number of nitrogens with zero attached hydrogens (tertiary/aromatic N) is 2. The van der Waals surface area contributed by atoms with Crippen molar-refractivity contribution in [3.05, 3.63) is 53.9 Å². The molecule has 1 amide bonds. The molecule has 2 aliphatic rings. The Hall–Kier alpha value is -2.76. The van der Waals surface area contributed by atoms with E-state index in [1.54, 1.807) is 13.3 Å². The summed E-state index contributed by atoms with van der Waals surface area (Å²) < 4.78 is 11.9. The van der Waals surface area contributed by atoms with Crippen LogP contribution < -0.4 is 15.4 Å². The highest BCUT2D eigenvalue weighted by atomic mass is 32.2. The molecule has 4 atom stereocenters. The lowest BCUT2D eigenvalue weighted by molar-refractivity contribution is -0.113. The molecule has 202 valence electrons. The quantitative estimate of drug-likeness (QED) is 0.308. The highest BCUT2D eigenvalue weighted by molar-refractivity contribution is 8.00. The topological polar surface area (TPSA) is 126 Å². The number of aliphatic hydroxyl groups is 2. The first-order chi connectivity index (χ1) is 18.5. The highest BCUT2D eigenvalue weighted by Crippen LogP contribution is 2.31. The summed E-state index contributed by atoms with van der Waals surface area (Å²) in [5.74, 6) is 1.72. The molecule has 3 aromatic rings. The van der Waals surface area contributed by atoms with Crippen molar-refractivity contribution in [1.29, 1.82) is 0 Å². The van der Waals surface area contributed by atoms with Crippen LogP contribution in [0, 0.1) is 0 Å². The monoisotopic (exact) mass is 538 g/mol. The Balaban J connectivity index is 1.22. The number of ether oxygens (including phenoxy) is 2. The van der Waals surface area contributed by atoms with Crippen LogP contribution in [0.25, 0.3) is 10.9 Å². The fourth-order valence-corrected chi connectivity index (χ4v) is 5.90. The molecule has 5 rings (SSSR count). The molecule has 1 saturated heterocycles. The van der Waals surface area contributed by atoms with Crippen molar-refractivity contribution in [2.45, 2.75) is 67.9 Å². The number of methoxy groups -OCH3 is 1. The van der Waals surface area contributed by atoms with Gasteiger partial charge in [-0.2, -0.15) is 0 Å². The fourth-order valence-electron chi connectivity index (χ4n) is 5.15. The van der Waals surface area contributed by atoms with Gasteiger partial charge in [0, 0.05) is 24.4 Å². The zero-order valence-electron chi connectivity index (χ0n) is 21.4. The average Bonchev–Trinajstić information content (AvgIpc) is 2.94. The van der Waals surface area contributed by atoms with Gasteiger partial charge in [0.1, 0.15) is 11.6 Å². The summed E-state index contributed by atoms with van der Waals surface area (Å²) in [4.78, 5) is 21.8. The van der Waals surface area contributed by atoms with Gasteiger partial charge in [0.25, 0.3) is 0 Å². The maximum absolute atomic E-state index is 11.7. The summed E-state index contributed by atoms with van der Waals surface area (Å²) in [6, 6.07) is 12.1. The van der Waals surface area contributed by atoms with E-state index in [4.69, 9.17) is 9.47 Å². The van der Waals surface area contributed by atoms with Crippen LogP contribution in [-0.2, 0) is 22.5 Å². The minimum Gasteiger partial charge on any atom is -0.495 e.